The Morgan fingerprint density at radius 2 is 2.27 bits per heavy atom. The van der Waals surface area contributed by atoms with E-state index in [1.54, 1.807) is 6.20 Å². The number of aryl methyl sites for hydroxylation is 1. The zero-order valence-corrected chi connectivity index (χ0v) is 9.61. The molecule has 0 saturated carbocycles. The van der Waals surface area contributed by atoms with Gasteiger partial charge in [-0.05, 0) is 19.4 Å². The van der Waals surface area contributed by atoms with E-state index in [-0.39, 0.29) is 0 Å². The lowest BCUT2D eigenvalue weighted by Crippen LogP contribution is -2.21. The Labute approximate surface area is 91.3 Å². The minimum Gasteiger partial charge on any atom is -0.387 e. The van der Waals surface area contributed by atoms with Crippen molar-refractivity contribution in [1.29, 1.82) is 0 Å². The molecule has 0 aliphatic carbocycles. The predicted octanol–water partition coefficient (Wildman–Crippen LogP) is 1.33. The third-order valence-electron chi connectivity index (χ3n) is 2.26. The molecule has 0 radical (unpaired) electrons. The van der Waals surface area contributed by atoms with Gasteiger partial charge in [0, 0.05) is 24.8 Å². The molecule has 0 aliphatic rings. The number of hydrogen-bond donors (Lipinski definition) is 2. The molecule has 0 saturated heterocycles. The van der Waals surface area contributed by atoms with E-state index < -0.39 is 6.10 Å². The van der Waals surface area contributed by atoms with Gasteiger partial charge in [-0.3, -0.25) is 4.68 Å². The topological polar surface area (TPSA) is 50.1 Å². The number of nitrogens with one attached hydrogen (secondary N) is 1. The van der Waals surface area contributed by atoms with Crippen molar-refractivity contribution < 1.29 is 5.11 Å². The number of aliphatic hydroxyl groups excluding tert-OH is 1. The van der Waals surface area contributed by atoms with Gasteiger partial charge in [-0.25, -0.2) is 0 Å². The van der Waals surface area contributed by atoms with Gasteiger partial charge in [-0.1, -0.05) is 13.8 Å². The van der Waals surface area contributed by atoms with Gasteiger partial charge in [0.2, 0.25) is 0 Å². The van der Waals surface area contributed by atoms with Gasteiger partial charge in [0.1, 0.15) is 0 Å². The SMILES string of the molecule is CCCNCC(O)c1cnn(CCC)c1. The minimum absolute atomic E-state index is 0.442. The smallest absolute Gasteiger partial charge is 0.0944 e. The fourth-order valence-corrected chi connectivity index (χ4v) is 1.44. The van der Waals surface area contributed by atoms with Crippen LogP contribution in [0.3, 0.4) is 0 Å². The summed E-state index contributed by atoms with van der Waals surface area (Å²) in [6.07, 6.45) is 5.37. The molecule has 2 N–H and O–H groups in total. The molecule has 0 bridgehead atoms. The van der Waals surface area contributed by atoms with Gasteiger partial charge in [-0.15, -0.1) is 0 Å². The maximum absolute atomic E-state index is 9.81. The average Bonchev–Trinajstić information content (AvgIpc) is 2.67. The molecule has 1 aromatic heterocycles. The molecule has 4 heteroatoms. The van der Waals surface area contributed by atoms with Crippen LogP contribution in [0.15, 0.2) is 12.4 Å². The van der Waals surface area contributed by atoms with Crippen LogP contribution in [0.1, 0.15) is 38.4 Å². The molecule has 4 nitrogen and oxygen atoms in total. The van der Waals surface area contributed by atoms with E-state index in [9.17, 15) is 5.11 Å². The number of hydrogen-bond acceptors (Lipinski definition) is 3. The summed E-state index contributed by atoms with van der Waals surface area (Å²) in [6.45, 7) is 6.68. The standard InChI is InChI=1S/C11H21N3O/c1-3-5-12-8-11(15)10-7-13-14(9-10)6-4-2/h7,9,11-12,15H,3-6,8H2,1-2H3. The Hall–Kier alpha value is -0.870. The first-order chi connectivity index (χ1) is 7.27. The summed E-state index contributed by atoms with van der Waals surface area (Å²) in [6, 6.07) is 0. The van der Waals surface area contributed by atoms with Gasteiger partial charge in [0.05, 0.1) is 12.3 Å². The first kappa shape index (κ1) is 12.2. The van der Waals surface area contributed by atoms with Crippen LogP contribution in [0.2, 0.25) is 0 Å². The summed E-state index contributed by atoms with van der Waals surface area (Å²) < 4.78 is 1.87. The quantitative estimate of drug-likeness (QED) is 0.669. The maximum Gasteiger partial charge on any atom is 0.0944 e. The third-order valence-corrected chi connectivity index (χ3v) is 2.26. The van der Waals surface area contributed by atoms with Gasteiger partial charge >= 0.3 is 0 Å². The maximum atomic E-state index is 9.81. The van der Waals surface area contributed by atoms with Crippen LogP contribution in [0.4, 0.5) is 0 Å². The van der Waals surface area contributed by atoms with Crippen LogP contribution in [0.5, 0.6) is 0 Å². The number of rotatable bonds is 7. The summed E-state index contributed by atoms with van der Waals surface area (Å²) >= 11 is 0. The molecule has 1 rings (SSSR count). The zero-order valence-electron chi connectivity index (χ0n) is 9.61. The van der Waals surface area contributed by atoms with E-state index >= 15 is 0 Å². The number of nitrogens with zero attached hydrogens (tertiary/aromatic N) is 2. The fourth-order valence-electron chi connectivity index (χ4n) is 1.44. The summed E-state index contributed by atoms with van der Waals surface area (Å²) in [7, 11) is 0. The highest BCUT2D eigenvalue weighted by Crippen LogP contribution is 2.10. The molecular formula is C11H21N3O. The van der Waals surface area contributed by atoms with Gasteiger partial charge in [-0.2, -0.15) is 5.10 Å². The van der Waals surface area contributed by atoms with E-state index in [4.69, 9.17) is 0 Å². The molecule has 1 unspecified atom stereocenters. The van der Waals surface area contributed by atoms with Gasteiger partial charge in [0.25, 0.3) is 0 Å². The lowest BCUT2D eigenvalue weighted by atomic mass is 10.2. The molecule has 1 aromatic rings. The molecule has 1 heterocycles. The van der Waals surface area contributed by atoms with Gasteiger partial charge < -0.3 is 10.4 Å². The Morgan fingerprint density at radius 3 is 2.93 bits per heavy atom. The first-order valence-electron chi connectivity index (χ1n) is 5.69. The predicted molar refractivity (Wildman–Crippen MR) is 60.6 cm³/mol. The second kappa shape index (κ2) is 6.58. The summed E-state index contributed by atoms with van der Waals surface area (Å²) in [5, 5.41) is 17.2. The van der Waals surface area contributed by atoms with Crippen molar-refractivity contribution in [3.05, 3.63) is 18.0 Å². The molecule has 0 fully saturated rings. The summed E-state index contributed by atoms with van der Waals surface area (Å²) in [4.78, 5) is 0. The monoisotopic (exact) mass is 211 g/mol. The van der Waals surface area contributed by atoms with Gasteiger partial charge in [0.15, 0.2) is 0 Å². The summed E-state index contributed by atoms with van der Waals surface area (Å²) in [5.41, 5.74) is 0.895. The molecule has 1 atom stereocenters. The second-order valence-corrected chi connectivity index (χ2v) is 3.76. The van der Waals surface area contributed by atoms with E-state index in [0.29, 0.717) is 6.54 Å². The van der Waals surface area contributed by atoms with Crippen LogP contribution >= 0.6 is 0 Å². The first-order valence-corrected chi connectivity index (χ1v) is 5.69. The molecular weight excluding hydrogens is 190 g/mol. The van der Waals surface area contributed by atoms with E-state index in [1.165, 1.54) is 0 Å². The van der Waals surface area contributed by atoms with Crippen molar-refractivity contribution in [1.82, 2.24) is 15.1 Å². The van der Waals surface area contributed by atoms with Crippen LogP contribution in [-0.2, 0) is 6.54 Å². The molecule has 0 aliphatic heterocycles. The normalized spacial score (nSPS) is 13.0. The molecule has 15 heavy (non-hydrogen) atoms. The van der Waals surface area contributed by atoms with Crippen molar-refractivity contribution in [2.45, 2.75) is 39.3 Å². The summed E-state index contributed by atoms with van der Waals surface area (Å²) in [5.74, 6) is 0. The molecule has 0 amide bonds. The Kier molecular flexibility index (Phi) is 5.36. The largest absolute Gasteiger partial charge is 0.387 e. The van der Waals surface area contributed by atoms with Crippen molar-refractivity contribution >= 4 is 0 Å². The van der Waals surface area contributed by atoms with E-state index in [1.807, 2.05) is 10.9 Å². The Bertz CT molecular complexity index is 273. The second-order valence-electron chi connectivity index (χ2n) is 3.76. The Balaban J connectivity index is 2.39. The number of aromatic nitrogens is 2. The van der Waals surface area contributed by atoms with E-state index in [2.05, 4.69) is 24.3 Å². The van der Waals surface area contributed by atoms with E-state index in [0.717, 1.165) is 31.5 Å². The van der Waals surface area contributed by atoms with Crippen LogP contribution in [0, 0.1) is 0 Å². The number of aliphatic hydroxyl groups is 1. The van der Waals surface area contributed by atoms with Crippen LogP contribution in [-0.4, -0.2) is 28.0 Å². The average molecular weight is 211 g/mol. The van der Waals surface area contributed by atoms with Crippen molar-refractivity contribution in [2.75, 3.05) is 13.1 Å². The van der Waals surface area contributed by atoms with Crippen molar-refractivity contribution in [2.24, 2.45) is 0 Å². The highest BCUT2D eigenvalue weighted by molar-refractivity contribution is 5.08. The zero-order chi connectivity index (χ0) is 11.1. The molecule has 0 aromatic carbocycles. The lowest BCUT2D eigenvalue weighted by molar-refractivity contribution is 0.175. The van der Waals surface area contributed by atoms with Crippen molar-refractivity contribution in [3.8, 4) is 0 Å². The molecule has 86 valence electrons. The Morgan fingerprint density at radius 1 is 1.47 bits per heavy atom. The minimum atomic E-state index is -0.442. The molecule has 0 spiro atoms. The fraction of sp³-hybridized carbons (Fsp3) is 0.727. The van der Waals surface area contributed by atoms with Crippen LogP contribution < -0.4 is 5.32 Å². The lowest BCUT2D eigenvalue weighted by Gasteiger charge is -2.08. The highest BCUT2D eigenvalue weighted by atomic mass is 16.3. The third kappa shape index (κ3) is 4.01. The van der Waals surface area contributed by atoms with Crippen molar-refractivity contribution in [3.63, 3.8) is 0 Å². The highest BCUT2D eigenvalue weighted by Gasteiger charge is 2.08. The van der Waals surface area contributed by atoms with Crippen LogP contribution in [0.25, 0.3) is 0 Å².